The lowest BCUT2D eigenvalue weighted by molar-refractivity contribution is 0.509. The number of nitrogen functional groups attached to an aromatic ring is 1. The van der Waals surface area contributed by atoms with Crippen molar-refractivity contribution in [2.24, 2.45) is 0 Å². The predicted molar refractivity (Wildman–Crippen MR) is 56.8 cm³/mol. The summed E-state index contributed by atoms with van der Waals surface area (Å²) in [6, 6.07) is 3.37. The number of anilines is 1. The van der Waals surface area contributed by atoms with E-state index >= 15 is 0 Å². The first-order valence-electron chi connectivity index (χ1n) is 4.31. The Balaban J connectivity index is 2.59. The monoisotopic (exact) mass is 241 g/mol. The fourth-order valence-electron chi connectivity index (χ4n) is 1.23. The van der Waals surface area contributed by atoms with Crippen LogP contribution in [0.15, 0.2) is 24.5 Å². The van der Waals surface area contributed by atoms with E-state index in [4.69, 9.17) is 17.3 Å². The standard InChI is InChI=1S/C10H6ClF2N3/c11-8-9(15-4-16-10(8)14)5-1-2-6(12)7(13)3-5/h1-4H,(H2,14,15,16). The molecule has 3 nitrogen and oxygen atoms in total. The highest BCUT2D eigenvalue weighted by atomic mass is 35.5. The molecule has 2 N–H and O–H groups in total. The van der Waals surface area contributed by atoms with Crippen molar-refractivity contribution in [1.29, 1.82) is 0 Å². The molecule has 0 fully saturated rings. The number of rotatable bonds is 1. The maximum atomic E-state index is 13.0. The molecule has 0 saturated heterocycles. The highest BCUT2D eigenvalue weighted by Gasteiger charge is 2.11. The van der Waals surface area contributed by atoms with E-state index in [9.17, 15) is 8.78 Å². The van der Waals surface area contributed by atoms with Crippen molar-refractivity contribution in [3.63, 3.8) is 0 Å². The summed E-state index contributed by atoms with van der Waals surface area (Å²) in [6.07, 6.45) is 1.21. The summed E-state index contributed by atoms with van der Waals surface area (Å²) in [4.78, 5) is 7.54. The third-order valence-electron chi connectivity index (χ3n) is 2.01. The van der Waals surface area contributed by atoms with Crippen LogP contribution in [0.2, 0.25) is 5.02 Å². The fourth-order valence-corrected chi connectivity index (χ4v) is 1.43. The lowest BCUT2D eigenvalue weighted by Crippen LogP contribution is -1.96. The van der Waals surface area contributed by atoms with E-state index in [2.05, 4.69) is 9.97 Å². The number of hydrogen-bond donors (Lipinski definition) is 1. The summed E-state index contributed by atoms with van der Waals surface area (Å²) < 4.78 is 25.7. The van der Waals surface area contributed by atoms with Gasteiger partial charge in [-0.1, -0.05) is 11.6 Å². The number of benzene rings is 1. The summed E-state index contributed by atoms with van der Waals surface area (Å²) in [5, 5.41) is 0.119. The van der Waals surface area contributed by atoms with Gasteiger partial charge in [0.1, 0.15) is 17.2 Å². The van der Waals surface area contributed by atoms with Crippen molar-refractivity contribution >= 4 is 17.4 Å². The van der Waals surface area contributed by atoms with Crippen LogP contribution in [0.4, 0.5) is 14.6 Å². The number of nitrogens with two attached hydrogens (primary N) is 1. The first-order valence-corrected chi connectivity index (χ1v) is 4.69. The number of hydrogen-bond acceptors (Lipinski definition) is 3. The van der Waals surface area contributed by atoms with Crippen LogP contribution in [0.25, 0.3) is 11.3 Å². The van der Waals surface area contributed by atoms with Gasteiger partial charge < -0.3 is 5.73 Å². The molecule has 0 aliphatic carbocycles. The molecule has 0 saturated carbocycles. The van der Waals surface area contributed by atoms with Gasteiger partial charge in [0, 0.05) is 5.56 Å². The summed E-state index contributed by atoms with van der Waals surface area (Å²) >= 11 is 5.85. The van der Waals surface area contributed by atoms with Crippen molar-refractivity contribution in [3.05, 3.63) is 41.2 Å². The first-order chi connectivity index (χ1) is 7.59. The van der Waals surface area contributed by atoms with E-state index in [1.54, 1.807) is 0 Å². The largest absolute Gasteiger partial charge is 0.382 e. The summed E-state index contributed by atoms with van der Waals surface area (Å²) in [5.74, 6) is -1.80. The number of halogens is 3. The Morgan fingerprint density at radius 2 is 1.88 bits per heavy atom. The normalized spacial score (nSPS) is 10.4. The zero-order chi connectivity index (χ0) is 11.7. The second-order valence-corrected chi connectivity index (χ2v) is 3.43. The lowest BCUT2D eigenvalue weighted by atomic mass is 10.1. The molecule has 82 valence electrons. The molecule has 1 aromatic heterocycles. The average Bonchev–Trinajstić information content (AvgIpc) is 2.26. The predicted octanol–water partition coefficient (Wildman–Crippen LogP) is 2.66. The van der Waals surface area contributed by atoms with Crippen molar-refractivity contribution in [2.45, 2.75) is 0 Å². The van der Waals surface area contributed by atoms with E-state index in [1.165, 1.54) is 12.4 Å². The van der Waals surface area contributed by atoms with E-state index in [-0.39, 0.29) is 16.5 Å². The smallest absolute Gasteiger partial charge is 0.159 e. The number of aromatic nitrogens is 2. The molecule has 0 unspecified atom stereocenters. The van der Waals surface area contributed by atoms with E-state index in [0.717, 1.165) is 12.1 Å². The molecule has 0 amide bonds. The van der Waals surface area contributed by atoms with Crippen molar-refractivity contribution < 1.29 is 8.78 Å². The van der Waals surface area contributed by atoms with Gasteiger partial charge in [-0.2, -0.15) is 0 Å². The third kappa shape index (κ3) is 1.81. The Morgan fingerprint density at radius 1 is 1.12 bits per heavy atom. The molecule has 1 aromatic carbocycles. The average molecular weight is 242 g/mol. The van der Waals surface area contributed by atoms with E-state index in [0.29, 0.717) is 5.56 Å². The van der Waals surface area contributed by atoms with Gasteiger partial charge in [0.05, 0.1) is 5.69 Å². The third-order valence-corrected chi connectivity index (χ3v) is 2.38. The molecule has 0 aliphatic rings. The van der Waals surface area contributed by atoms with Crippen molar-refractivity contribution in [1.82, 2.24) is 9.97 Å². The van der Waals surface area contributed by atoms with Crippen LogP contribution in [0, 0.1) is 11.6 Å². The summed E-state index contributed by atoms with van der Waals surface area (Å²) in [5.41, 5.74) is 6.09. The fraction of sp³-hybridized carbons (Fsp3) is 0. The topological polar surface area (TPSA) is 51.8 Å². The van der Waals surface area contributed by atoms with Gasteiger partial charge in [0.15, 0.2) is 11.6 Å². The summed E-state index contributed by atoms with van der Waals surface area (Å²) in [7, 11) is 0. The van der Waals surface area contributed by atoms with Gasteiger partial charge in [-0.3, -0.25) is 0 Å². The van der Waals surface area contributed by atoms with Gasteiger partial charge in [-0.05, 0) is 18.2 Å². The van der Waals surface area contributed by atoms with Crippen LogP contribution in [-0.4, -0.2) is 9.97 Å². The first kappa shape index (κ1) is 10.8. The van der Waals surface area contributed by atoms with Crippen LogP contribution in [0.1, 0.15) is 0 Å². The number of nitrogens with zero attached hydrogens (tertiary/aromatic N) is 2. The second-order valence-electron chi connectivity index (χ2n) is 3.05. The van der Waals surface area contributed by atoms with Crippen LogP contribution in [-0.2, 0) is 0 Å². The quantitative estimate of drug-likeness (QED) is 0.835. The van der Waals surface area contributed by atoms with E-state index < -0.39 is 11.6 Å². The molecular weight excluding hydrogens is 236 g/mol. The van der Waals surface area contributed by atoms with Crippen LogP contribution in [0.5, 0.6) is 0 Å². The van der Waals surface area contributed by atoms with Crippen LogP contribution < -0.4 is 5.73 Å². The SMILES string of the molecule is Nc1ncnc(-c2ccc(F)c(F)c2)c1Cl. The van der Waals surface area contributed by atoms with Gasteiger partial charge >= 0.3 is 0 Å². The minimum atomic E-state index is -0.967. The minimum absolute atomic E-state index is 0.0939. The van der Waals surface area contributed by atoms with Gasteiger partial charge in [0.25, 0.3) is 0 Å². The Morgan fingerprint density at radius 3 is 2.56 bits per heavy atom. The molecule has 2 aromatic rings. The zero-order valence-electron chi connectivity index (χ0n) is 7.92. The molecule has 0 aliphatic heterocycles. The summed E-state index contributed by atoms with van der Waals surface area (Å²) in [6.45, 7) is 0. The minimum Gasteiger partial charge on any atom is -0.382 e. The van der Waals surface area contributed by atoms with Gasteiger partial charge in [0.2, 0.25) is 0 Å². The van der Waals surface area contributed by atoms with Crippen molar-refractivity contribution in [2.75, 3.05) is 5.73 Å². The molecule has 2 rings (SSSR count). The molecule has 6 heteroatoms. The van der Waals surface area contributed by atoms with Crippen molar-refractivity contribution in [3.8, 4) is 11.3 Å². The highest BCUT2D eigenvalue weighted by molar-refractivity contribution is 6.35. The van der Waals surface area contributed by atoms with Crippen LogP contribution in [0.3, 0.4) is 0 Å². The zero-order valence-corrected chi connectivity index (χ0v) is 8.67. The highest BCUT2D eigenvalue weighted by Crippen LogP contribution is 2.29. The van der Waals surface area contributed by atoms with Crippen LogP contribution >= 0.6 is 11.6 Å². The molecule has 0 bridgehead atoms. The van der Waals surface area contributed by atoms with E-state index in [1.807, 2.05) is 0 Å². The van der Waals surface area contributed by atoms with Gasteiger partial charge in [-0.25, -0.2) is 18.7 Å². The maximum Gasteiger partial charge on any atom is 0.159 e. The molecule has 16 heavy (non-hydrogen) atoms. The Hall–Kier alpha value is -1.75. The molecule has 0 spiro atoms. The maximum absolute atomic E-state index is 13.0. The Kier molecular flexibility index (Phi) is 2.70. The van der Waals surface area contributed by atoms with Gasteiger partial charge in [-0.15, -0.1) is 0 Å². The molecule has 1 heterocycles. The lowest BCUT2D eigenvalue weighted by Gasteiger charge is -2.04. The Labute approximate surface area is 94.9 Å². The molecule has 0 atom stereocenters. The molecule has 0 radical (unpaired) electrons. The Bertz CT molecular complexity index is 546. The molecular formula is C10H6ClF2N3. The second kappa shape index (κ2) is 4.02.